The van der Waals surface area contributed by atoms with Crippen LogP contribution < -0.4 is 5.32 Å². The zero-order valence-corrected chi connectivity index (χ0v) is 11.1. The third-order valence-electron chi connectivity index (χ3n) is 2.32. The first-order valence-corrected chi connectivity index (χ1v) is 6.13. The first-order chi connectivity index (χ1) is 8.16. The van der Waals surface area contributed by atoms with Gasteiger partial charge in [-0.1, -0.05) is 0 Å². The third kappa shape index (κ3) is 3.00. The van der Waals surface area contributed by atoms with Crippen LogP contribution in [0.1, 0.15) is 15.9 Å². The molecule has 2 rings (SSSR count). The summed E-state index contributed by atoms with van der Waals surface area (Å²) in [5.74, 6) is -0.279. The Balaban J connectivity index is 2.07. The first kappa shape index (κ1) is 12.0. The minimum atomic E-state index is -0.276. The number of halogens is 1. The van der Waals surface area contributed by atoms with Gasteiger partial charge in [0.2, 0.25) is 0 Å². The molecule has 1 aromatic heterocycles. The maximum atomic E-state index is 11.8. The number of aromatic amines is 1. The van der Waals surface area contributed by atoms with Crippen LogP contribution in [0.5, 0.6) is 5.75 Å². The SMILES string of the molecule is O=C(NCc1cc[nH]c1)c1cc(I)ccc1O. The molecule has 0 aliphatic heterocycles. The topological polar surface area (TPSA) is 65.1 Å². The minimum absolute atomic E-state index is 0.00279. The Morgan fingerprint density at radius 1 is 1.41 bits per heavy atom. The molecule has 1 aromatic carbocycles. The van der Waals surface area contributed by atoms with Crippen LogP contribution in [0, 0.1) is 3.57 Å². The van der Waals surface area contributed by atoms with Gasteiger partial charge in [-0.25, -0.2) is 0 Å². The van der Waals surface area contributed by atoms with E-state index in [4.69, 9.17) is 0 Å². The van der Waals surface area contributed by atoms with E-state index in [0.717, 1.165) is 9.13 Å². The van der Waals surface area contributed by atoms with Crippen molar-refractivity contribution in [1.29, 1.82) is 0 Å². The van der Waals surface area contributed by atoms with Crippen LogP contribution in [-0.4, -0.2) is 16.0 Å². The molecule has 0 spiro atoms. The van der Waals surface area contributed by atoms with Gasteiger partial charge in [0, 0.05) is 22.5 Å². The van der Waals surface area contributed by atoms with Crippen molar-refractivity contribution in [3.05, 3.63) is 51.4 Å². The van der Waals surface area contributed by atoms with Gasteiger partial charge < -0.3 is 15.4 Å². The Kier molecular flexibility index (Phi) is 3.68. The summed E-state index contributed by atoms with van der Waals surface area (Å²) >= 11 is 2.10. The molecule has 1 amide bonds. The van der Waals surface area contributed by atoms with E-state index in [2.05, 4.69) is 32.9 Å². The van der Waals surface area contributed by atoms with Gasteiger partial charge in [-0.15, -0.1) is 0 Å². The van der Waals surface area contributed by atoms with Crippen molar-refractivity contribution in [3.8, 4) is 5.75 Å². The van der Waals surface area contributed by atoms with Crippen molar-refractivity contribution < 1.29 is 9.90 Å². The van der Waals surface area contributed by atoms with Crippen molar-refractivity contribution in [3.63, 3.8) is 0 Å². The highest BCUT2D eigenvalue weighted by Crippen LogP contribution is 2.19. The molecule has 0 aliphatic rings. The lowest BCUT2D eigenvalue weighted by molar-refractivity contribution is 0.0948. The van der Waals surface area contributed by atoms with Gasteiger partial charge in [0.1, 0.15) is 5.75 Å². The van der Waals surface area contributed by atoms with Crippen molar-refractivity contribution in [2.75, 3.05) is 0 Å². The van der Waals surface area contributed by atoms with E-state index in [1.54, 1.807) is 18.3 Å². The van der Waals surface area contributed by atoms with Crippen LogP contribution in [0.2, 0.25) is 0 Å². The fourth-order valence-corrected chi connectivity index (χ4v) is 1.93. The molecule has 0 saturated heterocycles. The molecule has 88 valence electrons. The standard InChI is InChI=1S/C12H11IN2O2/c13-9-1-2-11(16)10(5-9)12(17)15-7-8-3-4-14-6-8/h1-6,14,16H,7H2,(H,15,17). The zero-order valence-electron chi connectivity index (χ0n) is 8.90. The summed E-state index contributed by atoms with van der Waals surface area (Å²) in [4.78, 5) is 14.7. The molecule has 0 saturated carbocycles. The predicted molar refractivity (Wildman–Crippen MR) is 72.8 cm³/mol. The van der Waals surface area contributed by atoms with E-state index in [9.17, 15) is 9.90 Å². The molecule has 0 aliphatic carbocycles. The number of phenols is 1. The number of aromatic nitrogens is 1. The maximum absolute atomic E-state index is 11.8. The molecule has 3 N–H and O–H groups in total. The lowest BCUT2D eigenvalue weighted by Crippen LogP contribution is -2.22. The van der Waals surface area contributed by atoms with E-state index in [-0.39, 0.29) is 11.7 Å². The highest BCUT2D eigenvalue weighted by atomic mass is 127. The third-order valence-corrected chi connectivity index (χ3v) is 2.99. The number of carbonyl (C=O) groups is 1. The molecular formula is C12H11IN2O2. The van der Waals surface area contributed by atoms with Crippen molar-refractivity contribution in [2.24, 2.45) is 0 Å². The fraction of sp³-hybridized carbons (Fsp3) is 0.0833. The molecule has 17 heavy (non-hydrogen) atoms. The zero-order chi connectivity index (χ0) is 12.3. The lowest BCUT2D eigenvalue weighted by atomic mass is 10.2. The van der Waals surface area contributed by atoms with E-state index in [1.807, 2.05) is 12.3 Å². The molecule has 0 atom stereocenters. The van der Waals surface area contributed by atoms with E-state index >= 15 is 0 Å². The molecule has 0 unspecified atom stereocenters. The Hall–Kier alpha value is -1.50. The van der Waals surface area contributed by atoms with Gasteiger partial charge in [-0.3, -0.25) is 4.79 Å². The average molecular weight is 342 g/mol. The van der Waals surface area contributed by atoms with Gasteiger partial charge in [0.05, 0.1) is 5.56 Å². The fourth-order valence-electron chi connectivity index (χ4n) is 1.44. The summed E-state index contributed by atoms with van der Waals surface area (Å²) < 4.78 is 0.909. The summed E-state index contributed by atoms with van der Waals surface area (Å²) in [6, 6.07) is 6.81. The number of aromatic hydroxyl groups is 1. The molecule has 0 fully saturated rings. The van der Waals surface area contributed by atoms with Gasteiger partial charge in [-0.05, 0) is 52.4 Å². The Morgan fingerprint density at radius 2 is 2.24 bits per heavy atom. The number of rotatable bonds is 3. The normalized spacial score (nSPS) is 10.2. The van der Waals surface area contributed by atoms with E-state index in [1.165, 1.54) is 6.07 Å². The maximum Gasteiger partial charge on any atom is 0.255 e. The minimum Gasteiger partial charge on any atom is -0.507 e. The van der Waals surface area contributed by atoms with Crippen LogP contribution in [0.3, 0.4) is 0 Å². The van der Waals surface area contributed by atoms with Crippen LogP contribution in [0.15, 0.2) is 36.7 Å². The summed E-state index contributed by atoms with van der Waals surface area (Å²) in [5.41, 5.74) is 1.29. The lowest BCUT2D eigenvalue weighted by Gasteiger charge is -2.06. The highest BCUT2D eigenvalue weighted by molar-refractivity contribution is 14.1. The quantitative estimate of drug-likeness (QED) is 0.749. The Labute approximate surface area is 112 Å². The largest absolute Gasteiger partial charge is 0.507 e. The van der Waals surface area contributed by atoms with Crippen LogP contribution in [0.25, 0.3) is 0 Å². The number of carbonyl (C=O) groups excluding carboxylic acids is 1. The summed E-state index contributed by atoms with van der Waals surface area (Å²) in [6.45, 7) is 0.438. The number of amides is 1. The van der Waals surface area contributed by atoms with Gasteiger partial charge in [0.15, 0.2) is 0 Å². The van der Waals surface area contributed by atoms with Crippen molar-refractivity contribution >= 4 is 28.5 Å². The Morgan fingerprint density at radius 3 is 2.94 bits per heavy atom. The van der Waals surface area contributed by atoms with Crippen molar-refractivity contribution in [2.45, 2.75) is 6.54 Å². The summed E-state index contributed by atoms with van der Waals surface area (Å²) in [6.07, 6.45) is 3.61. The highest BCUT2D eigenvalue weighted by Gasteiger charge is 2.11. The average Bonchev–Trinajstić information content (AvgIpc) is 2.82. The summed E-state index contributed by atoms with van der Waals surface area (Å²) in [7, 11) is 0. The molecule has 1 heterocycles. The van der Waals surface area contributed by atoms with E-state index < -0.39 is 0 Å². The van der Waals surface area contributed by atoms with Gasteiger partial charge in [-0.2, -0.15) is 0 Å². The monoisotopic (exact) mass is 342 g/mol. The van der Waals surface area contributed by atoms with Gasteiger partial charge in [0.25, 0.3) is 5.91 Å². The molecule has 2 aromatic rings. The second kappa shape index (κ2) is 5.22. The van der Waals surface area contributed by atoms with E-state index in [0.29, 0.717) is 12.1 Å². The predicted octanol–water partition coefficient (Wildman–Crippen LogP) is 2.25. The van der Waals surface area contributed by atoms with Crippen LogP contribution >= 0.6 is 22.6 Å². The van der Waals surface area contributed by atoms with Crippen molar-refractivity contribution in [1.82, 2.24) is 10.3 Å². The number of phenolic OH excluding ortho intramolecular Hbond substituents is 1. The number of hydrogen-bond donors (Lipinski definition) is 3. The number of nitrogens with one attached hydrogen (secondary N) is 2. The molecule has 0 radical (unpaired) electrons. The second-order valence-corrected chi connectivity index (χ2v) is 4.81. The Bertz CT molecular complexity index is 523. The van der Waals surface area contributed by atoms with Crippen LogP contribution in [0.4, 0.5) is 0 Å². The molecule has 5 heteroatoms. The molecular weight excluding hydrogens is 331 g/mol. The number of benzene rings is 1. The summed E-state index contributed by atoms with van der Waals surface area (Å²) in [5, 5.41) is 12.3. The molecule has 4 nitrogen and oxygen atoms in total. The number of hydrogen-bond acceptors (Lipinski definition) is 2. The second-order valence-electron chi connectivity index (χ2n) is 3.56. The smallest absolute Gasteiger partial charge is 0.255 e. The first-order valence-electron chi connectivity index (χ1n) is 5.05. The van der Waals surface area contributed by atoms with Gasteiger partial charge >= 0.3 is 0 Å². The van der Waals surface area contributed by atoms with Crippen LogP contribution in [-0.2, 0) is 6.54 Å². The molecule has 0 bridgehead atoms. The number of H-pyrrole nitrogens is 1.